The van der Waals surface area contributed by atoms with Crippen molar-refractivity contribution in [3.05, 3.63) is 82.3 Å². The number of aryl methyl sites for hydroxylation is 1. The van der Waals surface area contributed by atoms with Gasteiger partial charge < -0.3 is 5.73 Å². The molecule has 4 aromatic rings. The van der Waals surface area contributed by atoms with Crippen LogP contribution in [0.15, 0.2) is 59.7 Å². The third kappa shape index (κ3) is 3.02. The minimum Gasteiger partial charge on any atom is -0.325 e. The van der Waals surface area contributed by atoms with E-state index in [1.165, 1.54) is 0 Å². The Morgan fingerprint density at radius 1 is 1.16 bits per heavy atom. The van der Waals surface area contributed by atoms with Crippen molar-refractivity contribution in [3.8, 4) is 22.4 Å². The molecule has 1 aromatic heterocycles. The molecule has 32 heavy (non-hydrogen) atoms. The largest absolute Gasteiger partial charge is 0.325 e. The van der Waals surface area contributed by atoms with Crippen molar-refractivity contribution in [2.24, 2.45) is 17.8 Å². The lowest BCUT2D eigenvalue weighted by molar-refractivity contribution is 0.1000. The van der Waals surface area contributed by atoms with Crippen LogP contribution >= 0.6 is 11.6 Å². The summed E-state index contributed by atoms with van der Waals surface area (Å²) < 4.78 is 1.72. The number of fused-ring (bicyclic) bond motifs is 2. The number of benzene rings is 3. The van der Waals surface area contributed by atoms with Gasteiger partial charge in [-0.2, -0.15) is 5.10 Å². The highest BCUT2D eigenvalue weighted by molar-refractivity contribution is 6.36. The number of nitrogens with two attached hydrogens (primary N) is 1. The average Bonchev–Trinajstić information content (AvgIpc) is 3.19. The molecule has 0 bridgehead atoms. The van der Waals surface area contributed by atoms with Crippen LogP contribution in [-0.2, 0) is 7.05 Å². The molecule has 156 valence electrons. The van der Waals surface area contributed by atoms with E-state index >= 15 is 0 Å². The SMILES string of the molecule is [C-]#[N+]c1c(-c2c(-c3ccc4c(c3)C(CN)=NCC4=O)cnn2C)c(Cl)cc2ccccc12. The Kier molecular flexibility index (Phi) is 4.86. The molecule has 3 aromatic carbocycles. The lowest BCUT2D eigenvalue weighted by Crippen LogP contribution is -2.24. The van der Waals surface area contributed by atoms with E-state index < -0.39 is 0 Å². The molecule has 0 aliphatic carbocycles. The second-order valence-corrected chi connectivity index (χ2v) is 8.00. The third-order valence-corrected chi connectivity index (χ3v) is 6.11. The molecule has 0 amide bonds. The summed E-state index contributed by atoms with van der Waals surface area (Å²) in [5.74, 6) is -0.0250. The van der Waals surface area contributed by atoms with Gasteiger partial charge in [0.05, 0.1) is 24.2 Å². The number of carbonyl (C=O) groups excluding carboxylic acids is 1. The first-order valence-corrected chi connectivity index (χ1v) is 10.4. The fourth-order valence-corrected chi connectivity index (χ4v) is 4.58. The van der Waals surface area contributed by atoms with Crippen LogP contribution < -0.4 is 5.73 Å². The van der Waals surface area contributed by atoms with Crippen LogP contribution in [0.2, 0.25) is 5.02 Å². The minimum absolute atomic E-state index is 0.0250. The molecule has 1 aliphatic rings. The quantitative estimate of drug-likeness (QED) is 0.453. The molecule has 0 fully saturated rings. The summed E-state index contributed by atoms with van der Waals surface area (Å²) in [4.78, 5) is 20.5. The van der Waals surface area contributed by atoms with Crippen LogP contribution in [0.1, 0.15) is 15.9 Å². The molecule has 5 rings (SSSR count). The first-order valence-electron chi connectivity index (χ1n) is 10.1. The van der Waals surface area contributed by atoms with Gasteiger partial charge in [0.25, 0.3) is 0 Å². The van der Waals surface area contributed by atoms with Gasteiger partial charge in [0.1, 0.15) is 6.54 Å². The highest BCUT2D eigenvalue weighted by Crippen LogP contribution is 2.45. The van der Waals surface area contributed by atoms with Crippen molar-refractivity contribution in [2.75, 3.05) is 13.1 Å². The fourth-order valence-electron chi connectivity index (χ4n) is 4.29. The number of rotatable bonds is 3. The molecule has 1 aliphatic heterocycles. The van der Waals surface area contributed by atoms with Gasteiger partial charge in [0.15, 0.2) is 5.78 Å². The Balaban J connectivity index is 1.77. The Morgan fingerprint density at radius 2 is 1.97 bits per heavy atom. The second kappa shape index (κ2) is 7.72. The van der Waals surface area contributed by atoms with Crippen molar-refractivity contribution >= 4 is 39.6 Å². The molecule has 0 saturated heterocycles. The highest BCUT2D eigenvalue weighted by Gasteiger charge is 2.24. The lowest BCUT2D eigenvalue weighted by Gasteiger charge is -2.17. The van der Waals surface area contributed by atoms with Crippen LogP contribution in [0.4, 0.5) is 5.69 Å². The van der Waals surface area contributed by atoms with E-state index in [0.717, 1.165) is 33.2 Å². The predicted molar refractivity (Wildman–Crippen MR) is 128 cm³/mol. The van der Waals surface area contributed by atoms with E-state index in [0.29, 0.717) is 27.5 Å². The first kappa shape index (κ1) is 20.1. The maximum Gasteiger partial charge on any atom is 0.205 e. The summed E-state index contributed by atoms with van der Waals surface area (Å²) >= 11 is 6.73. The van der Waals surface area contributed by atoms with Crippen molar-refractivity contribution < 1.29 is 4.79 Å². The Hall–Kier alpha value is -3.79. The van der Waals surface area contributed by atoms with Gasteiger partial charge in [-0.15, -0.1) is 0 Å². The topological polar surface area (TPSA) is 77.6 Å². The van der Waals surface area contributed by atoms with Gasteiger partial charge >= 0.3 is 0 Å². The standard InChI is InChI=1S/C25H18ClN5O/c1-28-24-16-6-4-3-5-14(16)10-20(26)23(24)25-19(12-30-31(25)2)15-7-8-17-18(9-15)21(11-27)29-13-22(17)32/h3-10,12H,11,13,27H2,2H3. The van der Waals surface area contributed by atoms with Gasteiger partial charge in [0.2, 0.25) is 5.69 Å². The molecule has 0 saturated carbocycles. The smallest absolute Gasteiger partial charge is 0.205 e. The Bertz CT molecular complexity index is 1490. The average molecular weight is 440 g/mol. The molecule has 6 nitrogen and oxygen atoms in total. The Morgan fingerprint density at radius 3 is 2.75 bits per heavy atom. The highest BCUT2D eigenvalue weighted by atomic mass is 35.5. The number of nitrogens with zero attached hydrogens (tertiary/aromatic N) is 4. The number of halogens is 1. The molecule has 0 unspecified atom stereocenters. The third-order valence-electron chi connectivity index (χ3n) is 5.81. The fraction of sp³-hybridized carbons (Fsp3) is 0.120. The van der Waals surface area contributed by atoms with Gasteiger partial charge in [-0.05, 0) is 28.5 Å². The zero-order chi connectivity index (χ0) is 22.4. The van der Waals surface area contributed by atoms with Crippen molar-refractivity contribution in [3.63, 3.8) is 0 Å². The van der Waals surface area contributed by atoms with Crippen LogP contribution in [0.3, 0.4) is 0 Å². The summed E-state index contributed by atoms with van der Waals surface area (Å²) in [7, 11) is 1.83. The maximum atomic E-state index is 12.3. The van der Waals surface area contributed by atoms with Crippen LogP contribution in [0, 0.1) is 6.57 Å². The summed E-state index contributed by atoms with van der Waals surface area (Å²) in [6, 6.07) is 15.2. The molecular weight excluding hydrogens is 422 g/mol. The van der Waals surface area contributed by atoms with Gasteiger partial charge in [-0.3, -0.25) is 14.5 Å². The molecule has 2 N–H and O–H groups in total. The van der Waals surface area contributed by atoms with Crippen LogP contribution in [0.5, 0.6) is 0 Å². The first-order chi connectivity index (χ1) is 15.5. The predicted octanol–water partition coefficient (Wildman–Crippen LogP) is 5.06. The summed E-state index contributed by atoms with van der Waals surface area (Å²) in [6.45, 7) is 8.25. The number of aromatic nitrogens is 2. The van der Waals surface area contributed by atoms with E-state index in [2.05, 4.69) is 14.9 Å². The van der Waals surface area contributed by atoms with Gasteiger partial charge in [-0.1, -0.05) is 48.0 Å². The monoisotopic (exact) mass is 439 g/mol. The molecule has 7 heteroatoms. The van der Waals surface area contributed by atoms with E-state index in [9.17, 15) is 4.79 Å². The van der Waals surface area contributed by atoms with E-state index in [1.807, 2.05) is 55.6 Å². The molecule has 0 radical (unpaired) electrons. The van der Waals surface area contributed by atoms with E-state index in [4.69, 9.17) is 23.9 Å². The van der Waals surface area contributed by atoms with Crippen molar-refractivity contribution in [1.82, 2.24) is 9.78 Å². The molecule has 0 spiro atoms. The zero-order valence-electron chi connectivity index (χ0n) is 17.3. The minimum atomic E-state index is -0.0250. The Labute approximate surface area is 189 Å². The number of hydrogen-bond acceptors (Lipinski definition) is 4. The summed E-state index contributed by atoms with van der Waals surface area (Å²) in [5.41, 5.74) is 11.5. The molecule has 0 atom stereocenters. The van der Waals surface area contributed by atoms with E-state index in [1.54, 1.807) is 10.9 Å². The number of carbonyl (C=O) groups is 1. The van der Waals surface area contributed by atoms with Gasteiger partial charge in [0, 0.05) is 40.9 Å². The van der Waals surface area contributed by atoms with Gasteiger partial charge in [-0.25, -0.2) is 4.85 Å². The number of aliphatic imine (C=N–C) groups is 1. The van der Waals surface area contributed by atoms with E-state index in [-0.39, 0.29) is 18.9 Å². The van der Waals surface area contributed by atoms with Crippen LogP contribution in [0.25, 0.3) is 38.0 Å². The van der Waals surface area contributed by atoms with Crippen LogP contribution in [-0.4, -0.2) is 34.4 Å². The summed E-state index contributed by atoms with van der Waals surface area (Å²) in [6.07, 6.45) is 1.75. The lowest BCUT2D eigenvalue weighted by atomic mass is 9.91. The molecular formula is C25H18ClN5O. The number of ketones is 1. The molecule has 2 heterocycles. The zero-order valence-corrected chi connectivity index (χ0v) is 18.0. The maximum absolute atomic E-state index is 12.3. The number of hydrogen-bond donors (Lipinski definition) is 1. The van der Waals surface area contributed by atoms with Crippen molar-refractivity contribution in [2.45, 2.75) is 0 Å². The normalized spacial score (nSPS) is 13.1. The number of Topliss-reactive ketones (excluding diaryl/α,β-unsaturated/α-hetero) is 1. The second-order valence-electron chi connectivity index (χ2n) is 7.60. The van der Waals surface area contributed by atoms with Crippen molar-refractivity contribution in [1.29, 1.82) is 0 Å². The summed E-state index contributed by atoms with van der Waals surface area (Å²) in [5, 5.41) is 6.69.